The van der Waals surface area contributed by atoms with E-state index in [-0.39, 0.29) is 21.7 Å². The fourth-order valence-electron chi connectivity index (χ4n) is 2.78. The van der Waals surface area contributed by atoms with Crippen LogP contribution in [0, 0.1) is 0 Å². The lowest BCUT2D eigenvalue weighted by atomic mass is 10.3. The number of hydroxylamine groups is 1. The van der Waals surface area contributed by atoms with Gasteiger partial charge in [-0.1, -0.05) is 18.5 Å². The Morgan fingerprint density at radius 3 is 2.32 bits per heavy atom. The molecule has 0 aliphatic rings. The van der Waals surface area contributed by atoms with Gasteiger partial charge in [-0.05, 0) is 53.4 Å². The molecular formula is C22H21ClF3N5O5S. The molecule has 198 valence electrons. The molecule has 0 spiro atoms. The summed E-state index contributed by atoms with van der Waals surface area (Å²) in [5, 5.41) is 6.55. The number of carbonyl (C=O) groups excluding carboxylic acids is 1. The highest BCUT2D eigenvalue weighted by atomic mass is 35.5. The van der Waals surface area contributed by atoms with Crippen molar-refractivity contribution < 1.29 is 36.0 Å². The molecule has 0 saturated heterocycles. The smallest absolute Gasteiger partial charge is 0.491 e. The van der Waals surface area contributed by atoms with E-state index in [0.717, 1.165) is 12.1 Å². The van der Waals surface area contributed by atoms with Gasteiger partial charge in [-0.25, -0.2) is 23.2 Å². The third kappa shape index (κ3) is 7.44. The molecule has 3 rings (SSSR count). The number of nitrogens with one attached hydrogen (secondary N) is 2. The van der Waals surface area contributed by atoms with Crippen LogP contribution in [0.3, 0.4) is 0 Å². The molecule has 0 unspecified atom stereocenters. The van der Waals surface area contributed by atoms with Crippen molar-refractivity contribution in [3.63, 3.8) is 0 Å². The SMILES string of the molecule is CCCOc1ccc(S(=O)(=O)N(C)OC(=O)C(F)(F)F)cc1Nc1cc(Nc2ccc(Cl)cc2)ncn1. The molecule has 3 aromatic rings. The largest absolute Gasteiger partial charge is 0.492 e. The summed E-state index contributed by atoms with van der Waals surface area (Å²) in [5.41, 5.74) is 0.840. The normalized spacial score (nSPS) is 11.8. The molecule has 0 aliphatic heterocycles. The van der Waals surface area contributed by atoms with Crippen molar-refractivity contribution >= 4 is 50.6 Å². The van der Waals surface area contributed by atoms with Gasteiger partial charge in [0, 0.05) is 23.8 Å². The quantitative estimate of drug-likeness (QED) is 0.329. The first-order valence-electron chi connectivity index (χ1n) is 10.6. The topological polar surface area (TPSA) is 123 Å². The maximum absolute atomic E-state index is 12.8. The van der Waals surface area contributed by atoms with E-state index in [0.29, 0.717) is 36.6 Å². The molecule has 15 heteroatoms. The van der Waals surface area contributed by atoms with E-state index in [1.54, 1.807) is 24.3 Å². The lowest BCUT2D eigenvalue weighted by Crippen LogP contribution is -2.36. The Balaban J connectivity index is 1.89. The molecule has 10 nitrogen and oxygen atoms in total. The summed E-state index contributed by atoms with van der Waals surface area (Å²) in [6.07, 6.45) is -3.46. The van der Waals surface area contributed by atoms with Gasteiger partial charge in [0.1, 0.15) is 23.7 Å². The minimum Gasteiger partial charge on any atom is -0.491 e. The monoisotopic (exact) mass is 559 g/mol. The molecule has 1 heterocycles. The van der Waals surface area contributed by atoms with Crippen LogP contribution in [-0.2, 0) is 19.7 Å². The summed E-state index contributed by atoms with van der Waals surface area (Å²) in [7, 11) is -3.99. The van der Waals surface area contributed by atoms with E-state index in [2.05, 4.69) is 25.4 Å². The second kappa shape index (κ2) is 11.6. The average molecular weight is 560 g/mol. The third-order valence-corrected chi connectivity index (χ3v) is 6.39. The van der Waals surface area contributed by atoms with Crippen molar-refractivity contribution in [3.8, 4) is 5.75 Å². The molecule has 0 saturated carbocycles. The molecule has 0 fully saturated rings. The van der Waals surface area contributed by atoms with Crippen LogP contribution in [0.15, 0.2) is 59.8 Å². The number of alkyl halides is 3. The van der Waals surface area contributed by atoms with Crippen LogP contribution in [-0.4, -0.2) is 48.7 Å². The van der Waals surface area contributed by atoms with Gasteiger partial charge in [0.15, 0.2) is 0 Å². The first-order valence-corrected chi connectivity index (χ1v) is 12.4. The lowest BCUT2D eigenvalue weighted by Gasteiger charge is -2.19. The molecule has 0 aliphatic carbocycles. The van der Waals surface area contributed by atoms with Gasteiger partial charge < -0.3 is 20.2 Å². The lowest BCUT2D eigenvalue weighted by molar-refractivity contribution is -0.219. The zero-order valence-corrected chi connectivity index (χ0v) is 21.0. The molecule has 2 aromatic carbocycles. The number of hydrogen-bond acceptors (Lipinski definition) is 9. The number of hydrogen-bond donors (Lipinski definition) is 2. The second-order valence-electron chi connectivity index (χ2n) is 7.34. The number of anilines is 4. The van der Waals surface area contributed by atoms with Crippen LogP contribution >= 0.6 is 11.6 Å². The van der Waals surface area contributed by atoms with Gasteiger partial charge in [-0.2, -0.15) is 13.2 Å². The minimum absolute atomic E-state index is 0.140. The fourth-order valence-corrected chi connectivity index (χ4v) is 3.88. The minimum atomic E-state index is -5.38. The average Bonchev–Trinajstić information content (AvgIpc) is 2.84. The standard InChI is InChI=1S/C22H21ClF3N5O5S/c1-3-10-35-18-9-8-16(37(33,34)31(2)36-21(32)22(24,25)26)11-17(18)30-20-12-19(27-13-28-20)29-15-6-4-14(23)5-7-15/h4-9,11-13H,3,10H2,1-2H3,(H2,27,28,29,30). The number of aromatic nitrogens is 2. The Morgan fingerprint density at radius 2 is 1.70 bits per heavy atom. The molecular weight excluding hydrogens is 539 g/mol. The predicted octanol–water partition coefficient (Wildman–Crippen LogP) is 5.05. The predicted molar refractivity (Wildman–Crippen MR) is 129 cm³/mol. The van der Waals surface area contributed by atoms with Crippen LogP contribution in [0.4, 0.5) is 36.2 Å². The molecule has 2 N–H and O–H groups in total. The van der Waals surface area contributed by atoms with Gasteiger partial charge in [0.05, 0.1) is 17.2 Å². The van der Waals surface area contributed by atoms with Crippen LogP contribution < -0.4 is 15.4 Å². The Bertz CT molecular complexity index is 1360. The summed E-state index contributed by atoms with van der Waals surface area (Å²) < 4.78 is 68.6. The zero-order valence-electron chi connectivity index (χ0n) is 19.4. The molecule has 1 aromatic heterocycles. The summed E-state index contributed by atoms with van der Waals surface area (Å²) in [6.45, 7) is 2.17. The summed E-state index contributed by atoms with van der Waals surface area (Å²) >= 11 is 5.89. The maximum Gasteiger partial charge on any atom is 0.492 e. The van der Waals surface area contributed by atoms with Crippen molar-refractivity contribution in [2.45, 2.75) is 24.4 Å². The van der Waals surface area contributed by atoms with Crippen LogP contribution in [0.1, 0.15) is 13.3 Å². The van der Waals surface area contributed by atoms with Crippen LogP contribution in [0.25, 0.3) is 0 Å². The van der Waals surface area contributed by atoms with Crippen molar-refractivity contribution in [2.24, 2.45) is 0 Å². The van der Waals surface area contributed by atoms with Gasteiger partial charge in [0.2, 0.25) is 0 Å². The molecule has 0 amide bonds. The van der Waals surface area contributed by atoms with E-state index in [4.69, 9.17) is 16.3 Å². The Kier molecular flexibility index (Phi) is 8.78. The first kappa shape index (κ1) is 28.0. The Morgan fingerprint density at radius 1 is 1.05 bits per heavy atom. The number of sulfonamides is 1. The van der Waals surface area contributed by atoms with E-state index >= 15 is 0 Å². The number of carbonyl (C=O) groups is 1. The van der Waals surface area contributed by atoms with E-state index in [9.17, 15) is 26.4 Å². The fraction of sp³-hybridized carbons (Fsp3) is 0.227. The highest BCUT2D eigenvalue weighted by molar-refractivity contribution is 7.89. The molecule has 0 radical (unpaired) electrons. The van der Waals surface area contributed by atoms with E-state index < -0.39 is 27.1 Å². The number of benzene rings is 2. The van der Waals surface area contributed by atoms with Crippen molar-refractivity contribution in [2.75, 3.05) is 24.3 Å². The van der Waals surface area contributed by atoms with Gasteiger partial charge in [-0.3, -0.25) is 0 Å². The molecule has 0 bridgehead atoms. The highest BCUT2D eigenvalue weighted by Crippen LogP contribution is 2.32. The first-order chi connectivity index (χ1) is 17.4. The molecule has 37 heavy (non-hydrogen) atoms. The van der Waals surface area contributed by atoms with Crippen molar-refractivity contribution in [3.05, 3.63) is 59.9 Å². The van der Waals surface area contributed by atoms with Crippen molar-refractivity contribution in [1.29, 1.82) is 0 Å². The van der Waals surface area contributed by atoms with E-state index in [1.165, 1.54) is 18.5 Å². The number of nitrogens with zero attached hydrogens (tertiary/aromatic N) is 3. The van der Waals surface area contributed by atoms with Crippen LogP contribution in [0.5, 0.6) is 5.75 Å². The summed E-state index contributed by atoms with van der Waals surface area (Å²) in [4.78, 5) is 22.8. The van der Waals surface area contributed by atoms with Gasteiger partial charge in [0.25, 0.3) is 10.0 Å². The summed E-state index contributed by atoms with van der Waals surface area (Å²) in [5.74, 6) is -1.78. The van der Waals surface area contributed by atoms with Crippen LogP contribution in [0.2, 0.25) is 5.02 Å². The number of halogens is 4. The number of ether oxygens (including phenoxy) is 1. The van der Waals surface area contributed by atoms with E-state index in [1.807, 2.05) is 6.92 Å². The molecule has 0 atom stereocenters. The highest BCUT2D eigenvalue weighted by Gasteiger charge is 2.43. The van der Waals surface area contributed by atoms with Gasteiger partial charge in [-0.15, -0.1) is 0 Å². The zero-order chi connectivity index (χ0) is 27.2. The van der Waals surface area contributed by atoms with Crippen molar-refractivity contribution in [1.82, 2.24) is 14.4 Å². The maximum atomic E-state index is 12.8. The van der Waals surface area contributed by atoms with Gasteiger partial charge >= 0.3 is 12.1 Å². The second-order valence-corrected chi connectivity index (χ2v) is 9.72. The Hall–Kier alpha value is -3.62. The number of rotatable bonds is 10. The third-order valence-electron chi connectivity index (χ3n) is 4.54. The Labute approximate surface area is 215 Å². The summed E-state index contributed by atoms with van der Waals surface area (Å²) in [6, 6.07) is 11.9.